The Hall–Kier alpha value is -2.43. The lowest BCUT2D eigenvalue weighted by Crippen LogP contribution is -2.38. The normalized spacial score (nSPS) is 32.5. The number of carboxylic acid groups (broad SMARTS) is 1. The summed E-state index contributed by atoms with van der Waals surface area (Å²) in [4.78, 5) is 37.6. The lowest BCUT2D eigenvalue weighted by molar-refractivity contribution is -0.124. The van der Waals surface area contributed by atoms with Crippen molar-refractivity contribution in [3.05, 3.63) is 42.0 Å². The van der Waals surface area contributed by atoms with E-state index < -0.39 is 5.97 Å². The first-order chi connectivity index (χ1) is 10.6. The van der Waals surface area contributed by atoms with E-state index in [1.54, 1.807) is 0 Å². The van der Waals surface area contributed by atoms with E-state index in [2.05, 4.69) is 12.2 Å². The molecule has 0 aromatic heterocycles. The number of imide groups is 1. The molecule has 1 aromatic rings. The highest BCUT2D eigenvalue weighted by atomic mass is 16.4. The van der Waals surface area contributed by atoms with Crippen LogP contribution in [0, 0.1) is 23.7 Å². The summed E-state index contributed by atoms with van der Waals surface area (Å²) in [5.74, 6) is -1.47. The van der Waals surface area contributed by atoms with Gasteiger partial charge in [-0.15, -0.1) is 0 Å². The number of benzene rings is 1. The SMILES string of the molecule is O=C(O)c1ccc(N2C(=O)[C@@H]3[C@@H](C2=O)[C@@H]2C=C[C@@H]3CC2)cc1. The highest BCUT2D eigenvalue weighted by molar-refractivity contribution is 6.22. The van der Waals surface area contributed by atoms with E-state index in [1.807, 2.05) is 0 Å². The molecule has 5 rings (SSSR count). The van der Waals surface area contributed by atoms with Gasteiger partial charge in [-0.2, -0.15) is 0 Å². The van der Waals surface area contributed by atoms with E-state index in [4.69, 9.17) is 5.11 Å². The standard InChI is InChI=1S/C17H15NO4/c19-15-13-9-1-2-10(4-3-9)14(13)16(20)18(15)12-7-5-11(6-8-12)17(21)22/h1-2,5-10,13-14H,3-4H2,(H,21,22)/t9-,10-,13+,14+/m1/s1. The van der Waals surface area contributed by atoms with Gasteiger partial charge in [-0.05, 0) is 48.9 Å². The number of carbonyl (C=O) groups excluding carboxylic acids is 2. The summed E-state index contributed by atoms with van der Waals surface area (Å²) in [6.45, 7) is 0. The van der Waals surface area contributed by atoms with E-state index in [0.717, 1.165) is 12.8 Å². The van der Waals surface area contributed by atoms with Crippen molar-refractivity contribution in [1.82, 2.24) is 0 Å². The minimum atomic E-state index is -1.03. The van der Waals surface area contributed by atoms with Crippen LogP contribution in [-0.4, -0.2) is 22.9 Å². The Morgan fingerprint density at radius 1 is 0.955 bits per heavy atom. The maximum absolute atomic E-state index is 12.7. The number of amides is 2. The Morgan fingerprint density at radius 2 is 1.45 bits per heavy atom. The Bertz CT molecular complexity index is 674. The van der Waals surface area contributed by atoms with Gasteiger partial charge in [0.1, 0.15) is 0 Å². The largest absolute Gasteiger partial charge is 0.478 e. The molecule has 3 aliphatic carbocycles. The van der Waals surface area contributed by atoms with Crippen molar-refractivity contribution in [2.24, 2.45) is 23.7 Å². The van der Waals surface area contributed by atoms with Crippen molar-refractivity contribution in [2.45, 2.75) is 12.8 Å². The second-order valence-electron chi connectivity index (χ2n) is 6.21. The summed E-state index contributed by atoms with van der Waals surface area (Å²) in [6.07, 6.45) is 6.09. The van der Waals surface area contributed by atoms with Crippen molar-refractivity contribution >= 4 is 23.5 Å². The van der Waals surface area contributed by atoms with Crippen molar-refractivity contribution in [1.29, 1.82) is 0 Å². The van der Waals surface area contributed by atoms with Crippen LogP contribution in [0.1, 0.15) is 23.2 Å². The minimum Gasteiger partial charge on any atom is -0.478 e. The zero-order valence-corrected chi connectivity index (χ0v) is 11.8. The molecule has 22 heavy (non-hydrogen) atoms. The molecule has 0 radical (unpaired) electrons. The van der Waals surface area contributed by atoms with Crippen molar-refractivity contribution in [3.8, 4) is 0 Å². The molecule has 0 spiro atoms. The van der Waals surface area contributed by atoms with E-state index in [9.17, 15) is 14.4 Å². The molecular formula is C17H15NO4. The fourth-order valence-corrected chi connectivity index (χ4v) is 4.08. The van der Waals surface area contributed by atoms with Crippen LogP contribution >= 0.6 is 0 Å². The Morgan fingerprint density at radius 3 is 1.86 bits per heavy atom. The lowest BCUT2D eigenvalue weighted by atomic mass is 9.63. The summed E-state index contributed by atoms with van der Waals surface area (Å²) in [5.41, 5.74) is 0.607. The number of nitrogens with zero attached hydrogens (tertiary/aromatic N) is 1. The van der Waals surface area contributed by atoms with Crippen molar-refractivity contribution in [3.63, 3.8) is 0 Å². The number of fused-ring (bicyclic) bond motifs is 1. The van der Waals surface area contributed by atoms with Crippen molar-refractivity contribution in [2.75, 3.05) is 4.90 Å². The van der Waals surface area contributed by atoms with E-state index in [-0.39, 0.29) is 41.0 Å². The number of rotatable bonds is 2. The molecule has 0 unspecified atom stereocenters. The topological polar surface area (TPSA) is 74.7 Å². The van der Waals surface area contributed by atoms with Crippen LogP contribution in [0.3, 0.4) is 0 Å². The molecule has 2 bridgehead atoms. The van der Waals surface area contributed by atoms with Crippen LogP contribution in [0.4, 0.5) is 5.69 Å². The highest BCUT2D eigenvalue weighted by Gasteiger charge is 2.56. The van der Waals surface area contributed by atoms with Gasteiger partial charge in [-0.25, -0.2) is 4.79 Å². The van der Waals surface area contributed by atoms with Gasteiger partial charge in [0, 0.05) is 0 Å². The number of carboxylic acids is 1. The molecule has 2 amide bonds. The molecule has 2 fully saturated rings. The summed E-state index contributed by atoms with van der Waals surface area (Å²) in [7, 11) is 0. The molecular weight excluding hydrogens is 282 g/mol. The summed E-state index contributed by atoms with van der Waals surface area (Å²) in [6, 6.07) is 5.91. The number of hydrogen-bond donors (Lipinski definition) is 1. The number of anilines is 1. The third-order valence-corrected chi connectivity index (χ3v) is 5.13. The van der Waals surface area contributed by atoms with E-state index >= 15 is 0 Å². The maximum atomic E-state index is 12.7. The first-order valence-corrected chi connectivity index (χ1v) is 7.47. The van der Waals surface area contributed by atoms with Gasteiger partial charge in [0.2, 0.25) is 11.8 Å². The van der Waals surface area contributed by atoms with Crippen LogP contribution in [0.25, 0.3) is 0 Å². The monoisotopic (exact) mass is 297 g/mol. The lowest BCUT2D eigenvalue weighted by Gasteiger charge is -2.38. The quantitative estimate of drug-likeness (QED) is 0.670. The van der Waals surface area contributed by atoms with Crippen LogP contribution < -0.4 is 4.90 Å². The van der Waals surface area contributed by atoms with Gasteiger partial charge < -0.3 is 5.11 Å². The zero-order valence-electron chi connectivity index (χ0n) is 11.8. The van der Waals surface area contributed by atoms with Gasteiger partial charge >= 0.3 is 5.97 Å². The van der Waals surface area contributed by atoms with Crippen LogP contribution in [0.5, 0.6) is 0 Å². The fourth-order valence-electron chi connectivity index (χ4n) is 4.08. The number of hydrogen-bond acceptors (Lipinski definition) is 3. The molecule has 1 aliphatic heterocycles. The van der Waals surface area contributed by atoms with Gasteiger partial charge in [0.15, 0.2) is 0 Å². The molecule has 5 heteroatoms. The van der Waals surface area contributed by atoms with Gasteiger partial charge in [0.05, 0.1) is 23.1 Å². The van der Waals surface area contributed by atoms with Crippen LogP contribution in [0.2, 0.25) is 0 Å². The average Bonchev–Trinajstić information content (AvgIpc) is 2.82. The van der Waals surface area contributed by atoms with Crippen LogP contribution in [0.15, 0.2) is 36.4 Å². The minimum absolute atomic E-state index is 0.141. The zero-order chi connectivity index (χ0) is 15.4. The van der Waals surface area contributed by atoms with E-state index in [1.165, 1.54) is 29.2 Å². The molecule has 5 nitrogen and oxygen atoms in total. The Labute approximate surface area is 127 Å². The van der Waals surface area contributed by atoms with Gasteiger partial charge in [0.25, 0.3) is 0 Å². The number of allylic oxidation sites excluding steroid dienone is 2. The second-order valence-corrected chi connectivity index (χ2v) is 6.21. The number of aromatic carboxylic acids is 1. The summed E-state index contributed by atoms with van der Waals surface area (Å²) in [5, 5.41) is 8.94. The first-order valence-electron chi connectivity index (χ1n) is 7.47. The molecule has 1 saturated heterocycles. The summed E-state index contributed by atoms with van der Waals surface area (Å²) < 4.78 is 0. The molecule has 1 heterocycles. The molecule has 1 N–H and O–H groups in total. The predicted octanol–water partition coefficient (Wildman–Crippen LogP) is 2.09. The molecule has 4 aliphatic rings. The first kappa shape index (κ1) is 13.2. The highest BCUT2D eigenvalue weighted by Crippen LogP contribution is 2.50. The fraction of sp³-hybridized carbons (Fsp3) is 0.353. The van der Waals surface area contributed by atoms with Gasteiger partial charge in [-0.3, -0.25) is 14.5 Å². The predicted molar refractivity (Wildman–Crippen MR) is 78.2 cm³/mol. The molecule has 1 saturated carbocycles. The Balaban J connectivity index is 1.70. The molecule has 1 aromatic carbocycles. The molecule has 112 valence electrons. The van der Waals surface area contributed by atoms with E-state index in [0.29, 0.717) is 5.69 Å². The maximum Gasteiger partial charge on any atom is 0.335 e. The average molecular weight is 297 g/mol. The van der Waals surface area contributed by atoms with Crippen LogP contribution in [-0.2, 0) is 9.59 Å². The number of carbonyl (C=O) groups is 3. The smallest absolute Gasteiger partial charge is 0.335 e. The van der Waals surface area contributed by atoms with Gasteiger partial charge in [-0.1, -0.05) is 12.2 Å². The Kier molecular flexibility index (Phi) is 2.73. The summed E-state index contributed by atoms with van der Waals surface area (Å²) >= 11 is 0. The third-order valence-electron chi connectivity index (χ3n) is 5.13. The van der Waals surface area contributed by atoms with Crippen molar-refractivity contribution < 1.29 is 19.5 Å². The third kappa shape index (κ3) is 1.68. The second kappa shape index (κ2) is 4.53. The molecule has 4 atom stereocenters.